The van der Waals surface area contributed by atoms with Gasteiger partial charge >= 0.3 is 0 Å². The number of H-pyrrole nitrogens is 1. The summed E-state index contributed by atoms with van der Waals surface area (Å²) in [6.07, 6.45) is 4.02. The molecule has 0 unspecified atom stereocenters. The molecular formula is C21H22ClN5O. The number of halogens is 1. The van der Waals surface area contributed by atoms with Crippen LogP contribution in [0.4, 0.5) is 11.6 Å². The van der Waals surface area contributed by atoms with Crippen molar-refractivity contribution in [3.8, 4) is 0 Å². The van der Waals surface area contributed by atoms with Crippen LogP contribution in [0.3, 0.4) is 0 Å². The third-order valence-corrected chi connectivity index (χ3v) is 5.33. The predicted octanol–water partition coefficient (Wildman–Crippen LogP) is 4.15. The van der Waals surface area contributed by atoms with Crippen LogP contribution in [0.15, 0.2) is 54.7 Å². The summed E-state index contributed by atoms with van der Waals surface area (Å²) in [5, 5.41) is 11.3. The number of likely N-dealkylation sites (tertiary alicyclic amines) is 1. The first-order chi connectivity index (χ1) is 13.7. The highest BCUT2D eigenvalue weighted by atomic mass is 35.5. The molecule has 3 aromatic rings. The van der Waals surface area contributed by atoms with Crippen molar-refractivity contribution in [2.24, 2.45) is 0 Å². The fraction of sp³-hybridized carbons (Fsp3) is 0.286. The first-order valence-corrected chi connectivity index (χ1v) is 9.81. The number of amides is 1. The summed E-state index contributed by atoms with van der Waals surface area (Å²) < 4.78 is 0. The summed E-state index contributed by atoms with van der Waals surface area (Å²) >= 11 is 5.91. The molecule has 1 amide bonds. The van der Waals surface area contributed by atoms with Crippen molar-refractivity contribution >= 4 is 29.1 Å². The summed E-state index contributed by atoms with van der Waals surface area (Å²) in [7, 11) is 0. The summed E-state index contributed by atoms with van der Waals surface area (Å²) in [4.78, 5) is 18.8. The highest BCUT2D eigenvalue weighted by molar-refractivity contribution is 6.30. The molecule has 0 radical (unpaired) electrons. The van der Waals surface area contributed by atoms with E-state index in [-0.39, 0.29) is 5.91 Å². The van der Waals surface area contributed by atoms with Gasteiger partial charge in [0.15, 0.2) is 5.82 Å². The van der Waals surface area contributed by atoms with E-state index in [1.807, 2.05) is 53.4 Å². The van der Waals surface area contributed by atoms with E-state index in [4.69, 9.17) is 11.6 Å². The third-order valence-electron chi connectivity index (χ3n) is 5.07. The fourth-order valence-corrected chi connectivity index (χ4v) is 3.63. The topological polar surface area (TPSA) is 73.9 Å². The maximum Gasteiger partial charge on any atom is 0.226 e. The van der Waals surface area contributed by atoms with Crippen molar-refractivity contribution < 1.29 is 4.79 Å². The van der Waals surface area contributed by atoms with Gasteiger partial charge in [-0.15, -0.1) is 0 Å². The lowest BCUT2D eigenvalue weighted by molar-refractivity contribution is -0.131. The van der Waals surface area contributed by atoms with Crippen LogP contribution in [-0.2, 0) is 11.2 Å². The Morgan fingerprint density at radius 1 is 1.14 bits per heavy atom. The molecule has 0 saturated carbocycles. The third kappa shape index (κ3) is 4.51. The van der Waals surface area contributed by atoms with Gasteiger partial charge in [-0.05, 0) is 42.7 Å². The molecule has 28 heavy (non-hydrogen) atoms. The number of aromatic amines is 1. The van der Waals surface area contributed by atoms with Gasteiger partial charge in [0.25, 0.3) is 0 Å². The first kappa shape index (κ1) is 18.5. The second-order valence-electron chi connectivity index (χ2n) is 7.01. The molecule has 1 aromatic carbocycles. The summed E-state index contributed by atoms with van der Waals surface area (Å²) in [5.74, 6) is 2.08. The van der Waals surface area contributed by atoms with Crippen molar-refractivity contribution in [1.29, 1.82) is 0 Å². The quantitative estimate of drug-likeness (QED) is 0.680. The molecular weight excluding hydrogens is 374 g/mol. The lowest BCUT2D eigenvalue weighted by Gasteiger charge is -2.31. The van der Waals surface area contributed by atoms with Gasteiger partial charge in [-0.25, -0.2) is 4.98 Å². The largest absolute Gasteiger partial charge is 0.342 e. The molecule has 1 aliphatic rings. The molecule has 2 N–H and O–H groups in total. The molecule has 144 valence electrons. The number of nitrogens with zero attached hydrogens (tertiary/aromatic N) is 3. The lowest BCUT2D eigenvalue weighted by Crippen LogP contribution is -2.38. The van der Waals surface area contributed by atoms with Crippen LogP contribution in [0.5, 0.6) is 0 Å². The number of rotatable bonds is 5. The molecule has 7 heteroatoms. The van der Waals surface area contributed by atoms with Gasteiger partial charge in [-0.1, -0.05) is 29.8 Å². The highest BCUT2D eigenvalue weighted by Gasteiger charge is 2.25. The van der Waals surface area contributed by atoms with Crippen LogP contribution < -0.4 is 5.32 Å². The summed E-state index contributed by atoms with van der Waals surface area (Å²) in [6, 6.07) is 15.2. The van der Waals surface area contributed by atoms with Crippen molar-refractivity contribution in [2.75, 3.05) is 18.4 Å². The van der Waals surface area contributed by atoms with Gasteiger partial charge in [0.1, 0.15) is 5.82 Å². The Labute approximate surface area is 168 Å². The van der Waals surface area contributed by atoms with Gasteiger partial charge in [0.2, 0.25) is 5.91 Å². The monoisotopic (exact) mass is 395 g/mol. The second kappa shape index (κ2) is 8.44. The van der Waals surface area contributed by atoms with E-state index in [9.17, 15) is 4.79 Å². The summed E-state index contributed by atoms with van der Waals surface area (Å²) in [6.45, 7) is 1.53. The molecule has 2 aromatic heterocycles. The van der Waals surface area contributed by atoms with Crippen molar-refractivity contribution in [3.63, 3.8) is 0 Å². The summed E-state index contributed by atoms with van der Waals surface area (Å²) in [5.41, 5.74) is 2.10. The molecule has 1 saturated heterocycles. The van der Waals surface area contributed by atoms with Crippen LogP contribution in [-0.4, -0.2) is 39.1 Å². The normalized spacial score (nSPS) is 14.8. The molecule has 0 spiro atoms. The number of nitrogens with one attached hydrogen (secondary N) is 2. The molecule has 0 atom stereocenters. The number of carbonyl (C=O) groups excluding carboxylic acids is 1. The number of hydrogen-bond acceptors (Lipinski definition) is 4. The Balaban J connectivity index is 1.30. The average Bonchev–Trinajstić information content (AvgIpc) is 3.19. The van der Waals surface area contributed by atoms with E-state index in [2.05, 4.69) is 20.5 Å². The van der Waals surface area contributed by atoms with E-state index in [0.29, 0.717) is 17.4 Å². The molecule has 6 nitrogen and oxygen atoms in total. The Morgan fingerprint density at radius 2 is 1.93 bits per heavy atom. The zero-order chi connectivity index (χ0) is 19.3. The first-order valence-electron chi connectivity index (χ1n) is 9.43. The van der Waals surface area contributed by atoms with Gasteiger partial charge < -0.3 is 10.2 Å². The Kier molecular flexibility index (Phi) is 5.58. The zero-order valence-corrected chi connectivity index (χ0v) is 16.2. The average molecular weight is 396 g/mol. The lowest BCUT2D eigenvalue weighted by atomic mass is 9.93. The maximum absolute atomic E-state index is 12.6. The molecule has 1 aliphatic heterocycles. The van der Waals surface area contributed by atoms with Gasteiger partial charge in [0, 0.05) is 42.0 Å². The van der Waals surface area contributed by atoms with Gasteiger partial charge in [-0.2, -0.15) is 5.10 Å². The minimum absolute atomic E-state index is 0.169. The van der Waals surface area contributed by atoms with Gasteiger partial charge in [-0.3, -0.25) is 9.89 Å². The van der Waals surface area contributed by atoms with E-state index < -0.39 is 0 Å². The van der Waals surface area contributed by atoms with E-state index >= 15 is 0 Å². The van der Waals surface area contributed by atoms with Crippen molar-refractivity contribution in [2.45, 2.75) is 25.2 Å². The molecule has 0 bridgehead atoms. The van der Waals surface area contributed by atoms with Crippen LogP contribution >= 0.6 is 11.6 Å². The highest BCUT2D eigenvalue weighted by Crippen LogP contribution is 2.28. The van der Waals surface area contributed by atoms with E-state index in [0.717, 1.165) is 48.8 Å². The molecule has 3 heterocycles. The van der Waals surface area contributed by atoms with Crippen molar-refractivity contribution in [1.82, 2.24) is 20.1 Å². The van der Waals surface area contributed by atoms with Crippen LogP contribution in [0.2, 0.25) is 5.02 Å². The van der Waals surface area contributed by atoms with E-state index in [1.165, 1.54) is 0 Å². The number of benzene rings is 1. The van der Waals surface area contributed by atoms with Crippen LogP contribution in [0.1, 0.15) is 30.0 Å². The fourth-order valence-electron chi connectivity index (χ4n) is 3.51. The minimum Gasteiger partial charge on any atom is -0.342 e. The SMILES string of the molecule is O=C(Cc1ccc(Cl)cc1)N1CCC(c2cc(Nc3ccccn3)n[nH]2)CC1. The van der Waals surface area contributed by atoms with Gasteiger partial charge in [0.05, 0.1) is 6.42 Å². The number of hydrogen-bond donors (Lipinski definition) is 2. The number of pyridine rings is 1. The van der Waals surface area contributed by atoms with Crippen molar-refractivity contribution in [3.05, 3.63) is 71.0 Å². The minimum atomic E-state index is 0.169. The zero-order valence-electron chi connectivity index (χ0n) is 15.4. The van der Waals surface area contributed by atoms with E-state index in [1.54, 1.807) is 6.20 Å². The standard InChI is InChI=1S/C21H22ClN5O/c22-17-6-4-15(5-7-17)13-21(28)27-11-8-16(9-12-27)18-14-20(26-25-18)24-19-3-1-2-10-23-19/h1-7,10,14,16H,8-9,11-13H2,(H2,23,24,25,26). The predicted molar refractivity (Wildman–Crippen MR) is 110 cm³/mol. The number of anilines is 2. The smallest absolute Gasteiger partial charge is 0.226 e. The molecule has 1 fully saturated rings. The number of carbonyl (C=O) groups is 1. The molecule has 4 rings (SSSR count). The second-order valence-corrected chi connectivity index (χ2v) is 7.44. The Bertz CT molecular complexity index is 917. The maximum atomic E-state index is 12.6. The molecule has 0 aliphatic carbocycles. The van der Waals surface area contributed by atoms with Crippen LogP contribution in [0, 0.1) is 0 Å². The number of piperidine rings is 1. The van der Waals surface area contributed by atoms with Crippen LogP contribution in [0.25, 0.3) is 0 Å². The Morgan fingerprint density at radius 3 is 2.64 bits per heavy atom. The Hall–Kier alpha value is -2.86. The number of aromatic nitrogens is 3.